The van der Waals surface area contributed by atoms with E-state index < -0.39 is 0 Å². The van der Waals surface area contributed by atoms with Crippen LogP contribution in [-0.2, 0) is 16.1 Å². The van der Waals surface area contributed by atoms with E-state index in [9.17, 15) is 9.59 Å². The van der Waals surface area contributed by atoms with Crippen molar-refractivity contribution in [3.63, 3.8) is 0 Å². The zero-order valence-electron chi connectivity index (χ0n) is 15.1. The summed E-state index contributed by atoms with van der Waals surface area (Å²) < 4.78 is 6.20. The number of furan rings is 1. The fourth-order valence-electron chi connectivity index (χ4n) is 2.45. The molecule has 1 saturated carbocycles. The molecule has 0 saturated heterocycles. The van der Waals surface area contributed by atoms with Crippen LogP contribution in [0.5, 0.6) is 0 Å². The number of hydrogen-bond donors (Lipinski definition) is 0. The predicted octanol–water partition coefficient (Wildman–Crippen LogP) is 3.10. The molecule has 0 aliphatic heterocycles. The number of hydrogen-bond acceptors (Lipinski definition) is 7. The van der Waals surface area contributed by atoms with Crippen LogP contribution in [0.4, 0.5) is 5.13 Å². The van der Waals surface area contributed by atoms with Gasteiger partial charge in [0.05, 0.1) is 12.3 Å². The van der Waals surface area contributed by atoms with Gasteiger partial charge in [-0.1, -0.05) is 30.0 Å². The van der Waals surface area contributed by atoms with Crippen LogP contribution in [0.25, 0.3) is 0 Å². The summed E-state index contributed by atoms with van der Waals surface area (Å²) in [6, 6.07) is 4.02. The molecule has 0 radical (unpaired) electrons. The Morgan fingerprint density at radius 2 is 2.08 bits per heavy atom. The van der Waals surface area contributed by atoms with Crippen LogP contribution in [-0.4, -0.2) is 45.8 Å². The number of anilines is 1. The zero-order chi connectivity index (χ0) is 18.7. The van der Waals surface area contributed by atoms with Crippen LogP contribution in [0.15, 0.2) is 20.9 Å². The van der Waals surface area contributed by atoms with Gasteiger partial charge in [-0.05, 0) is 31.9 Å². The smallest absolute Gasteiger partial charge is 0.233 e. The van der Waals surface area contributed by atoms with Gasteiger partial charge in [-0.15, -0.1) is 10.2 Å². The second-order valence-electron chi connectivity index (χ2n) is 6.25. The lowest BCUT2D eigenvalue weighted by Crippen LogP contribution is -2.32. The summed E-state index contributed by atoms with van der Waals surface area (Å²) in [5.41, 5.74) is 0. The molecule has 0 bridgehead atoms. The Bertz CT molecular complexity index is 785. The van der Waals surface area contributed by atoms with Crippen molar-refractivity contribution in [2.75, 3.05) is 17.7 Å². The van der Waals surface area contributed by atoms with Crippen molar-refractivity contribution in [2.45, 2.75) is 50.0 Å². The van der Waals surface area contributed by atoms with Gasteiger partial charge in [-0.2, -0.15) is 0 Å². The topological polar surface area (TPSA) is 79.5 Å². The minimum absolute atomic E-state index is 0.00973. The fourth-order valence-corrected chi connectivity index (χ4v) is 4.32. The fraction of sp³-hybridized carbons (Fsp3) is 0.529. The average molecular weight is 395 g/mol. The van der Waals surface area contributed by atoms with Crippen molar-refractivity contribution < 1.29 is 14.0 Å². The SMILES string of the molecule is CCC(=O)N(c1nnc(SCC(=O)N(C)Cc2ccc(C)o2)s1)C1CC1. The Hall–Kier alpha value is -1.87. The summed E-state index contributed by atoms with van der Waals surface area (Å²) in [4.78, 5) is 27.8. The number of aromatic nitrogens is 2. The maximum Gasteiger partial charge on any atom is 0.233 e. The molecule has 140 valence electrons. The summed E-state index contributed by atoms with van der Waals surface area (Å²) in [6.07, 6.45) is 2.49. The van der Waals surface area contributed by atoms with E-state index >= 15 is 0 Å². The van der Waals surface area contributed by atoms with Gasteiger partial charge in [0.15, 0.2) is 4.34 Å². The summed E-state index contributed by atoms with van der Waals surface area (Å²) in [7, 11) is 1.75. The van der Waals surface area contributed by atoms with E-state index in [0.717, 1.165) is 24.4 Å². The monoisotopic (exact) mass is 394 g/mol. The maximum atomic E-state index is 12.3. The van der Waals surface area contributed by atoms with Crippen molar-refractivity contribution in [1.82, 2.24) is 15.1 Å². The van der Waals surface area contributed by atoms with Crippen LogP contribution >= 0.6 is 23.1 Å². The minimum Gasteiger partial charge on any atom is -0.464 e. The molecule has 0 N–H and O–H groups in total. The third kappa shape index (κ3) is 4.64. The Balaban J connectivity index is 1.54. The first-order chi connectivity index (χ1) is 12.5. The van der Waals surface area contributed by atoms with Gasteiger partial charge in [-0.3, -0.25) is 14.5 Å². The number of thioether (sulfide) groups is 1. The van der Waals surface area contributed by atoms with E-state index in [4.69, 9.17) is 4.42 Å². The van der Waals surface area contributed by atoms with Crippen molar-refractivity contribution in [1.29, 1.82) is 0 Å². The molecular formula is C17H22N4O3S2. The molecule has 0 atom stereocenters. The normalized spacial score (nSPS) is 13.7. The van der Waals surface area contributed by atoms with Gasteiger partial charge >= 0.3 is 0 Å². The van der Waals surface area contributed by atoms with Gasteiger partial charge < -0.3 is 9.32 Å². The molecule has 0 spiro atoms. The second kappa shape index (κ2) is 8.22. The van der Waals surface area contributed by atoms with Gasteiger partial charge in [0, 0.05) is 19.5 Å². The minimum atomic E-state index is -0.00973. The first kappa shape index (κ1) is 18.9. The third-order valence-corrected chi connectivity index (χ3v) is 6.06. The highest BCUT2D eigenvalue weighted by atomic mass is 32.2. The second-order valence-corrected chi connectivity index (χ2v) is 8.43. The lowest BCUT2D eigenvalue weighted by molar-refractivity contribution is -0.127. The van der Waals surface area contributed by atoms with Gasteiger partial charge in [0.25, 0.3) is 0 Å². The molecule has 26 heavy (non-hydrogen) atoms. The first-order valence-electron chi connectivity index (χ1n) is 8.55. The highest BCUT2D eigenvalue weighted by molar-refractivity contribution is 8.01. The summed E-state index contributed by atoms with van der Waals surface area (Å²) in [6.45, 7) is 4.17. The van der Waals surface area contributed by atoms with E-state index in [2.05, 4.69) is 10.2 Å². The van der Waals surface area contributed by atoms with Crippen molar-refractivity contribution in [2.24, 2.45) is 0 Å². The van der Waals surface area contributed by atoms with Crippen molar-refractivity contribution in [3.05, 3.63) is 23.7 Å². The standard InChI is InChI=1S/C17H22N4O3S2/c1-4-14(22)21(12-6-7-12)16-18-19-17(26-16)25-10-15(23)20(3)9-13-8-5-11(2)24-13/h5,8,12H,4,6-7,9-10H2,1-3H3. The number of rotatable bonds is 8. The molecule has 2 heterocycles. The lowest BCUT2D eigenvalue weighted by Gasteiger charge is -2.17. The molecule has 2 amide bonds. The molecule has 0 unspecified atom stereocenters. The van der Waals surface area contributed by atoms with E-state index in [1.165, 1.54) is 23.1 Å². The Labute approximate surface area is 160 Å². The highest BCUT2D eigenvalue weighted by Crippen LogP contribution is 2.36. The molecule has 7 nitrogen and oxygen atoms in total. The Morgan fingerprint density at radius 3 is 2.69 bits per heavy atom. The summed E-state index contributed by atoms with van der Waals surface area (Å²) >= 11 is 2.72. The van der Waals surface area contributed by atoms with E-state index in [1.54, 1.807) is 16.8 Å². The molecule has 0 aromatic carbocycles. The van der Waals surface area contributed by atoms with Gasteiger partial charge in [-0.25, -0.2) is 0 Å². The summed E-state index contributed by atoms with van der Waals surface area (Å²) in [5.74, 6) is 1.93. The Kier molecular flexibility index (Phi) is 5.98. The molecule has 1 aliphatic carbocycles. The number of amides is 2. The van der Waals surface area contributed by atoms with E-state index in [1.807, 2.05) is 26.0 Å². The lowest BCUT2D eigenvalue weighted by atomic mass is 10.4. The number of carbonyl (C=O) groups is 2. The molecule has 2 aromatic heterocycles. The number of nitrogens with zero attached hydrogens (tertiary/aromatic N) is 4. The molecule has 9 heteroatoms. The van der Waals surface area contributed by atoms with Crippen LogP contribution in [0, 0.1) is 6.92 Å². The van der Waals surface area contributed by atoms with E-state index in [0.29, 0.717) is 22.4 Å². The average Bonchev–Trinajstić information content (AvgIpc) is 3.20. The summed E-state index contributed by atoms with van der Waals surface area (Å²) in [5, 5.41) is 8.92. The quantitative estimate of drug-likeness (QED) is 0.506. The van der Waals surface area contributed by atoms with Crippen molar-refractivity contribution >= 4 is 40.0 Å². The van der Waals surface area contributed by atoms with Crippen LogP contribution in [0.3, 0.4) is 0 Å². The maximum absolute atomic E-state index is 12.3. The predicted molar refractivity (Wildman–Crippen MR) is 101 cm³/mol. The van der Waals surface area contributed by atoms with Gasteiger partial charge in [0.1, 0.15) is 11.5 Å². The van der Waals surface area contributed by atoms with E-state index in [-0.39, 0.29) is 23.6 Å². The van der Waals surface area contributed by atoms with Gasteiger partial charge in [0.2, 0.25) is 16.9 Å². The molecule has 1 fully saturated rings. The molecule has 2 aromatic rings. The highest BCUT2D eigenvalue weighted by Gasteiger charge is 2.35. The molecule has 3 rings (SSSR count). The number of aryl methyl sites for hydroxylation is 1. The zero-order valence-corrected chi connectivity index (χ0v) is 16.7. The molecular weight excluding hydrogens is 372 g/mol. The molecule has 1 aliphatic rings. The van der Waals surface area contributed by atoms with Crippen LogP contribution in [0.1, 0.15) is 37.7 Å². The van der Waals surface area contributed by atoms with Crippen LogP contribution in [0.2, 0.25) is 0 Å². The largest absolute Gasteiger partial charge is 0.464 e. The number of carbonyl (C=O) groups excluding carboxylic acids is 2. The van der Waals surface area contributed by atoms with Crippen LogP contribution < -0.4 is 4.90 Å². The Morgan fingerprint density at radius 1 is 1.31 bits per heavy atom. The first-order valence-corrected chi connectivity index (χ1v) is 10.4. The third-order valence-electron chi connectivity index (χ3n) is 4.02. The van der Waals surface area contributed by atoms with Crippen molar-refractivity contribution in [3.8, 4) is 0 Å².